The van der Waals surface area contributed by atoms with Gasteiger partial charge in [-0.05, 0) is 13.1 Å². The Balaban J connectivity index is 1.62. The molecule has 2 aliphatic heterocycles. The molecule has 120 valence electrons. The van der Waals surface area contributed by atoms with E-state index in [-0.39, 0.29) is 18.5 Å². The second-order valence-corrected chi connectivity index (χ2v) is 5.97. The molecule has 2 fully saturated rings. The molecule has 22 heavy (non-hydrogen) atoms. The molecule has 2 atom stereocenters. The van der Waals surface area contributed by atoms with Gasteiger partial charge in [-0.1, -0.05) is 5.22 Å². The van der Waals surface area contributed by atoms with Crippen LogP contribution in [0.4, 0.5) is 4.79 Å². The number of amides is 2. The predicted octanol–water partition coefficient (Wildman–Crippen LogP) is -0.264. The van der Waals surface area contributed by atoms with Crippen molar-refractivity contribution < 1.29 is 14.7 Å². The first kappa shape index (κ1) is 14.8. The van der Waals surface area contributed by atoms with Gasteiger partial charge in [-0.15, -0.1) is 0 Å². The van der Waals surface area contributed by atoms with E-state index in [9.17, 15) is 14.7 Å². The Labute approximate surface area is 128 Å². The van der Waals surface area contributed by atoms with Crippen molar-refractivity contribution in [3.63, 3.8) is 0 Å². The quantitative estimate of drug-likeness (QED) is 0.748. The molecular formula is C13H20N6O3. The maximum Gasteiger partial charge on any atom is 0.408 e. The summed E-state index contributed by atoms with van der Waals surface area (Å²) in [7, 11) is 2.01. The maximum absolute atomic E-state index is 12.3. The van der Waals surface area contributed by atoms with Crippen molar-refractivity contribution in [3.05, 3.63) is 12.3 Å². The number of rotatable bonds is 3. The van der Waals surface area contributed by atoms with Gasteiger partial charge in [0.1, 0.15) is 12.1 Å². The number of piperazine rings is 1. The van der Waals surface area contributed by atoms with Crippen molar-refractivity contribution in [2.24, 2.45) is 10.3 Å². The van der Waals surface area contributed by atoms with E-state index in [1.807, 2.05) is 7.05 Å². The first-order chi connectivity index (χ1) is 10.5. The largest absolute Gasteiger partial charge is 0.465 e. The SMILES string of the molecule is CN1CCN(C(=O)CN(C(=O)O)[C@@H]2C[C@]23C=CNN=N3)CC1. The summed E-state index contributed by atoms with van der Waals surface area (Å²) in [6.07, 6.45) is 2.93. The summed E-state index contributed by atoms with van der Waals surface area (Å²) < 4.78 is 0. The van der Waals surface area contributed by atoms with E-state index in [1.165, 1.54) is 4.90 Å². The minimum absolute atomic E-state index is 0.123. The van der Waals surface area contributed by atoms with Crippen LogP contribution in [0.1, 0.15) is 6.42 Å². The smallest absolute Gasteiger partial charge is 0.408 e. The molecule has 1 saturated carbocycles. The number of carbonyl (C=O) groups excluding carboxylic acids is 1. The Hall–Kier alpha value is -2.16. The van der Waals surface area contributed by atoms with Gasteiger partial charge < -0.3 is 14.9 Å². The zero-order valence-corrected chi connectivity index (χ0v) is 12.5. The molecule has 3 aliphatic rings. The zero-order valence-electron chi connectivity index (χ0n) is 12.5. The first-order valence-corrected chi connectivity index (χ1v) is 7.33. The van der Waals surface area contributed by atoms with Crippen LogP contribution in [0.2, 0.25) is 0 Å². The van der Waals surface area contributed by atoms with Crippen molar-refractivity contribution in [3.8, 4) is 0 Å². The summed E-state index contributed by atoms with van der Waals surface area (Å²) in [5.41, 5.74) is 2.01. The second kappa shape index (κ2) is 5.56. The third-order valence-electron chi connectivity index (χ3n) is 4.46. The van der Waals surface area contributed by atoms with Gasteiger partial charge in [-0.2, -0.15) is 5.11 Å². The van der Waals surface area contributed by atoms with Crippen LogP contribution >= 0.6 is 0 Å². The molecule has 1 aliphatic carbocycles. The van der Waals surface area contributed by atoms with Gasteiger partial charge in [0.25, 0.3) is 0 Å². The Kier molecular flexibility index (Phi) is 3.73. The first-order valence-electron chi connectivity index (χ1n) is 7.33. The highest BCUT2D eigenvalue weighted by molar-refractivity contribution is 5.82. The van der Waals surface area contributed by atoms with Gasteiger partial charge in [-0.3, -0.25) is 15.1 Å². The van der Waals surface area contributed by atoms with Crippen molar-refractivity contribution in [2.45, 2.75) is 18.0 Å². The lowest BCUT2D eigenvalue weighted by Crippen LogP contribution is -2.51. The molecule has 0 bridgehead atoms. The predicted molar refractivity (Wildman–Crippen MR) is 77.1 cm³/mol. The lowest BCUT2D eigenvalue weighted by Gasteiger charge is -2.33. The molecule has 1 spiro atoms. The number of carbonyl (C=O) groups is 2. The molecule has 3 rings (SSSR count). The summed E-state index contributed by atoms with van der Waals surface area (Å²) in [6.45, 7) is 2.79. The number of carboxylic acid groups (broad SMARTS) is 1. The van der Waals surface area contributed by atoms with E-state index in [2.05, 4.69) is 20.7 Å². The van der Waals surface area contributed by atoms with E-state index >= 15 is 0 Å². The summed E-state index contributed by atoms with van der Waals surface area (Å²) >= 11 is 0. The molecule has 0 radical (unpaired) electrons. The summed E-state index contributed by atoms with van der Waals surface area (Å²) in [4.78, 5) is 28.9. The van der Waals surface area contributed by atoms with Crippen LogP contribution in [-0.4, -0.2) is 83.2 Å². The van der Waals surface area contributed by atoms with Crippen LogP contribution in [0.15, 0.2) is 22.6 Å². The van der Waals surface area contributed by atoms with Gasteiger partial charge in [0.05, 0.1) is 6.04 Å². The number of nitrogens with zero attached hydrogens (tertiary/aromatic N) is 5. The molecule has 0 aromatic heterocycles. The normalized spacial score (nSPS) is 30.2. The minimum atomic E-state index is -1.09. The van der Waals surface area contributed by atoms with Crippen molar-refractivity contribution in [1.29, 1.82) is 0 Å². The van der Waals surface area contributed by atoms with E-state index in [0.717, 1.165) is 13.1 Å². The van der Waals surface area contributed by atoms with Crippen LogP contribution in [0, 0.1) is 0 Å². The number of nitrogens with one attached hydrogen (secondary N) is 1. The van der Waals surface area contributed by atoms with Crippen molar-refractivity contribution in [1.82, 2.24) is 20.1 Å². The lowest BCUT2D eigenvalue weighted by molar-refractivity contribution is -0.133. The number of hydrogen-bond acceptors (Lipinski definition) is 6. The number of hydrogen-bond donors (Lipinski definition) is 2. The van der Waals surface area contributed by atoms with Gasteiger partial charge in [-0.25, -0.2) is 4.79 Å². The summed E-state index contributed by atoms with van der Waals surface area (Å²) in [5, 5.41) is 17.2. The molecule has 9 heteroatoms. The number of likely N-dealkylation sites (N-methyl/N-ethyl adjacent to an activating group) is 1. The van der Waals surface area contributed by atoms with Crippen molar-refractivity contribution >= 4 is 12.0 Å². The molecule has 0 aromatic rings. The van der Waals surface area contributed by atoms with Crippen LogP contribution < -0.4 is 5.43 Å². The van der Waals surface area contributed by atoms with Gasteiger partial charge >= 0.3 is 6.09 Å². The Morgan fingerprint density at radius 2 is 2.14 bits per heavy atom. The molecular weight excluding hydrogens is 288 g/mol. The van der Waals surface area contributed by atoms with Crippen molar-refractivity contribution in [2.75, 3.05) is 39.8 Å². The molecule has 2 amide bonds. The van der Waals surface area contributed by atoms with E-state index in [0.29, 0.717) is 19.5 Å². The van der Waals surface area contributed by atoms with Crippen LogP contribution in [-0.2, 0) is 4.79 Å². The average molecular weight is 308 g/mol. The fourth-order valence-electron chi connectivity index (χ4n) is 2.90. The molecule has 2 heterocycles. The highest BCUT2D eigenvalue weighted by Crippen LogP contribution is 2.46. The van der Waals surface area contributed by atoms with E-state index in [1.54, 1.807) is 17.2 Å². The molecule has 0 unspecified atom stereocenters. The fourth-order valence-corrected chi connectivity index (χ4v) is 2.90. The summed E-state index contributed by atoms with van der Waals surface area (Å²) in [5.74, 6) is -0.146. The van der Waals surface area contributed by atoms with E-state index < -0.39 is 11.6 Å². The Bertz CT molecular complexity index is 514. The zero-order chi connectivity index (χ0) is 15.7. The molecule has 0 aromatic carbocycles. The lowest BCUT2D eigenvalue weighted by atomic mass is 10.2. The highest BCUT2D eigenvalue weighted by atomic mass is 16.4. The second-order valence-electron chi connectivity index (χ2n) is 5.97. The van der Waals surface area contributed by atoms with E-state index in [4.69, 9.17) is 0 Å². The average Bonchev–Trinajstić information content (AvgIpc) is 3.18. The highest BCUT2D eigenvalue weighted by Gasteiger charge is 2.59. The van der Waals surface area contributed by atoms with Crippen LogP contribution in [0.3, 0.4) is 0 Å². The minimum Gasteiger partial charge on any atom is -0.465 e. The monoisotopic (exact) mass is 308 g/mol. The maximum atomic E-state index is 12.3. The molecule has 9 nitrogen and oxygen atoms in total. The van der Waals surface area contributed by atoms with Crippen LogP contribution in [0.25, 0.3) is 0 Å². The fraction of sp³-hybridized carbons (Fsp3) is 0.692. The van der Waals surface area contributed by atoms with Gasteiger partial charge in [0, 0.05) is 38.8 Å². The Morgan fingerprint density at radius 3 is 2.73 bits per heavy atom. The van der Waals surface area contributed by atoms with Gasteiger partial charge in [0.15, 0.2) is 0 Å². The molecule has 2 N–H and O–H groups in total. The van der Waals surface area contributed by atoms with Gasteiger partial charge in [0.2, 0.25) is 5.91 Å². The Morgan fingerprint density at radius 1 is 1.41 bits per heavy atom. The third kappa shape index (κ3) is 2.76. The molecule has 1 saturated heterocycles. The summed E-state index contributed by atoms with van der Waals surface area (Å²) in [6, 6.07) is -0.316. The third-order valence-corrected chi connectivity index (χ3v) is 4.46. The topological polar surface area (TPSA) is 101 Å². The standard InChI is InChI=1S/C13H20N6O3/c1-17-4-6-18(7-5-17)11(20)9-19(12(21)22)10-8-13(10)2-3-14-16-15-13/h2-3,10H,4-9H2,1H3,(H,14,15)(H,21,22)/t10-,13-/m1/s1. The van der Waals surface area contributed by atoms with Crippen LogP contribution in [0.5, 0.6) is 0 Å².